The number of rotatable bonds is 4. The molecule has 0 bridgehead atoms. The zero-order valence-electron chi connectivity index (χ0n) is 11.1. The Labute approximate surface area is 120 Å². The van der Waals surface area contributed by atoms with Crippen LogP contribution in [0.25, 0.3) is 0 Å². The van der Waals surface area contributed by atoms with E-state index in [1.807, 2.05) is 37.4 Å². The molecule has 0 saturated carbocycles. The van der Waals surface area contributed by atoms with E-state index in [1.165, 1.54) is 0 Å². The van der Waals surface area contributed by atoms with Crippen molar-refractivity contribution >= 4 is 18.3 Å². The van der Waals surface area contributed by atoms with Gasteiger partial charge in [0.25, 0.3) is 0 Å². The Bertz CT molecular complexity index is 394. The van der Waals surface area contributed by atoms with Crippen LogP contribution in [-0.2, 0) is 9.53 Å². The molecule has 0 spiro atoms. The smallest absolute Gasteiger partial charge is 0.231 e. The second-order valence-electron chi connectivity index (χ2n) is 4.67. The van der Waals surface area contributed by atoms with Crippen LogP contribution in [0.3, 0.4) is 0 Å². The summed E-state index contributed by atoms with van der Waals surface area (Å²) in [6.45, 7) is 1.70. The van der Waals surface area contributed by atoms with Gasteiger partial charge in [-0.05, 0) is 12.0 Å². The minimum absolute atomic E-state index is 0. The second kappa shape index (κ2) is 7.48. The van der Waals surface area contributed by atoms with Crippen LogP contribution >= 0.6 is 12.4 Å². The van der Waals surface area contributed by atoms with Gasteiger partial charge in [-0.2, -0.15) is 0 Å². The number of amides is 1. The Hall–Kier alpha value is -1.10. The Morgan fingerprint density at radius 3 is 2.68 bits per heavy atom. The molecule has 19 heavy (non-hydrogen) atoms. The zero-order valence-corrected chi connectivity index (χ0v) is 11.9. The highest BCUT2D eigenvalue weighted by atomic mass is 35.5. The third-order valence-corrected chi connectivity index (χ3v) is 3.54. The summed E-state index contributed by atoms with van der Waals surface area (Å²) in [5.74, 6) is -0.170. The lowest BCUT2D eigenvalue weighted by molar-refractivity contribution is -0.133. The van der Waals surface area contributed by atoms with Crippen LogP contribution in [0.15, 0.2) is 30.3 Å². The first-order chi connectivity index (χ1) is 8.74. The number of carbonyl (C=O) groups is 1. The maximum Gasteiger partial charge on any atom is 0.231 e. The van der Waals surface area contributed by atoms with Crippen molar-refractivity contribution in [2.45, 2.75) is 18.4 Å². The first kappa shape index (κ1) is 16.0. The van der Waals surface area contributed by atoms with Crippen molar-refractivity contribution in [3.8, 4) is 0 Å². The van der Waals surface area contributed by atoms with Gasteiger partial charge in [-0.25, -0.2) is 0 Å². The SMILES string of the molecule is CN(C(=O)C(CN)c1ccccc1)C1CCOC1.Cl. The Morgan fingerprint density at radius 2 is 2.16 bits per heavy atom. The average Bonchev–Trinajstić information content (AvgIpc) is 2.94. The predicted octanol–water partition coefficient (Wildman–Crippen LogP) is 1.40. The highest BCUT2D eigenvalue weighted by Gasteiger charge is 2.29. The Morgan fingerprint density at radius 1 is 1.47 bits per heavy atom. The van der Waals surface area contributed by atoms with E-state index in [0.717, 1.165) is 18.6 Å². The van der Waals surface area contributed by atoms with E-state index in [2.05, 4.69) is 0 Å². The standard InChI is InChI=1S/C14H20N2O2.ClH/c1-16(12-7-8-18-10-12)14(17)13(9-15)11-5-3-2-4-6-11;/h2-6,12-13H,7-10,15H2,1H3;1H. The van der Waals surface area contributed by atoms with Crippen molar-refractivity contribution in [3.63, 3.8) is 0 Å². The summed E-state index contributed by atoms with van der Waals surface area (Å²) in [5.41, 5.74) is 6.75. The molecule has 1 heterocycles. The molecule has 0 aliphatic carbocycles. The topological polar surface area (TPSA) is 55.6 Å². The molecule has 106 valence electrons. The first-order valence-corrected chi connectivity index (χ1v) is 6.33. The van der Waals surface area contributed by atoms with Crippen LogP contribution in [0.5, 0.6) is 0 Å². The third kappa shape index (κ3) is 3.69. The number of nitrogens with zero attached hydrogens (tertiary/aromatic N) is 1. The first-order valence-electron chi connectivity index (χ1n) is 6.33. The minimum Gasteiger partial charge on any atom is -0.379 e. The molecule has 2 rings (SSSR count). The Kier molecular flexibility index (Phi) is 6.28. The molecule has 1 amide bonds. The summed E-state index contributed by atoms with van der Waals surface area (Å²) in [6, 6.07) is 9.91. The molecular formula is C14H21ClN2O2. The van der Waals surface area contributed by atoms with E-state index in [0.29, 0.717) is 13.2 Å². The predicted molar refractivity (Wildman–Crippen MR) is 77.5 cm³/mol. The van der Waals surface area contributed by atoms with Gasteiger partial charge in [0.15, 0.2) is 0 Å². The fourth-order valence-electron chi connectivity index (χ4n) is 2.32. The van der Waals surface area contributed by atoms with Gasteiger partial charge in [-0.3, -0.25) is 4.79 Å². The summed E-state index contributed by atoms with van der Waals surface area (Å²) in [4.78, 5) is 14.2. The van der Waals surface area contributed by atoms with E-state index < -0.39 is 0 Å². The monoisotopic (exact) mass is 284 g/mol. The molecule has 5 heteroatoms. The number of benzene rings is 1. The molecule has 1 saturated heterocycles. The largest absolute Gasteiger partial charge is 0.379 e. The molecule has 1 aliphatic heterocycles. The van der Waals surface area contributed by atoms with Crippen LogP contribution in [0.2, 0.25) is 0 Å². The van der Waals surface area contributed by atoms with Crippen LogP contribution in [0.1, 0.15) is 17.9 Å². The molecule has 0 radical (unpaired) electrons. The quantitative estimate of drug-likeness (QED) is 0.909. The van der Waals surface area contributed by atoms with Gasteiger partial charge >= 0.3 is 0 Å². The Balaban J connectivity index is 0.00000180. The van der Waals surface area contributed by atoms with Gasteiger partial charge in [0.2, 0.25) is 5.91 Å². The third-order valence-electron chi connectivity index (χ3n) is 3.54. The van der Waals surface area contributed by atoms with Crippen molar-refractivity contribution in [1.82, 2.24) is 4.90 Å². The fraction of sp³-hybridized carbons (Fsp3) is 0.500. The van der Waals surface area contributed by atoms with Crippen molar-refractivity contribution < 1.29 is 9.53 Å². The lowest BCUT2D eigenvalue weighted by Crippen LogP contribution is -2.42. The number of halogens is 1. The molecule has 0 aromatic heterocycles. The molecule has 2 unspecified atom stereocenters. The van der Waals surface area contributed by atoms with E-state index in [-0.39, 0.29) is 30.3 Å². The molecule has 1 fully saturated rings. The number of carbonyl (C=O) groups excluding carboxylic acids is 1. The lowest BCUT2D eigenvalue weighted by Gasteiger charge is -2.27. The fourth-order valence-corrected chi connectivity index (χ4v) is 2.32. The van der Waals surface area contributed by atoms with Crippen LogP contribution in [-0.4, -0.2) is 43.7 Å². The van der Waals surface area contributed by atoms with E-state index in [9.17, 15) is 4.79 Å². The van der Waals surface area contributed by atoms with Crippen LogP contribution in [0, 0.1) is 0 Å². The highest BCUT2D eigenvalue weighted by molar-refractivity contribution is 5.85. The maximum atomic E-state index is 12.5. The maximum absolute atomic E-state index is 12.5. The number of hydrogen-bond donors (Lipinski definition) is 1. The molecule has 1 aromatic carbocycles. The van der Waals surface area contributed by atoms with E-state index >= 15 is 0 Å². The number of nitrogens with two attached hydrogens (primary N) is 1. The molecular weight excluding hydrogens is 264 g/mol. The summed E-state index contributed by atoms with van der Waals surface area (Å²) in [7, 11) is 1.84. The zero-order chi connectivity index (χ0) is 13.0. The van der Waals surface area contributed by atoms with Gasteiger partial charge in [0.05, 0.1) is 18.6 Å². The molecule has 2 atom stereocenters. The van der Waals surface area contributed by atoms with E-state index in [4.69, 9.17) is 10.5 Å². The normalized spacial score (nSPS) is 19.6. The van der Waals surface area contributed by atoms with Crippen LogP contribution in [0.4, 0.5) is 0 Å². The van der Waals surface area contributed by atoms with Crippen molar-refractivity contribution in [2.24, 2.45) is 5.73 Å². The van der Waals surface area contributed by atoms with Crippen molar-refractivity contribution in [1.29, 1.82) is 0 Å². The van der Waals surface area contributed by atoms with Gasteiger partial charge in [-0.15, -0.1) is 12.4 Å². The van der Waals surface area contributed by atoms with E-state index in [1.54, 1.807) is 4.90 Å². The number of likely N-dealkylation sites (N-methyl/N-ethyl adjacent to an activating group) is 1. The summed E-state index contributed by atoms with van der Waals surface area (Å²) >= 11 is 0. The van der Waals surface area contributed by atoms with Gasteiger partial charge in [0, 0.05) is 20.2 Å². The average molecular weight is 285 g/mol. The lowest BCUT2D eigenvalue weighted by atomic mass is 9.97. The van der Waals surface area contributed by atoms with Gasteiger partial charge in [0.1, 0.15) is 0 Å². The second-order valence-corrected chi connectivity index (χ2v) is 4.67. The van der Waals surface area contributed by atoms with Crippen molar-refractivity contribution in [2.75, 3.05) is 26.8 Å². The molecule has 1 aromatic rings. The van der Waals surface area contributed by atoms with Crippen LogP contribution < -0.4 is 5.73 Å². The van der Waals surface area contributed by atoms with Gasteiger partial charge in [-0.1, -0.05) is 30.3 Å². The molecule has 2 N–H and O–H groups in total. The summed E-state index contributed by atoms with van der Waals surface area (Å²) < 4.78 is 5.32. The summed E-state index contributed by atoms with van der Waals surface area (Å²) in [5, 5.41) is 0. The summed E-state index contributed by atoms with van der Waals surface area (Å²) in [6.07, 6.45) is 0.911. The van der Waals surface area contributed by atoms with Gasteiger partial charge < -0.3 is 15.4 Å². The molecule has 1 aliphatic rings. The molecule has 4 nitrogen and oxygen atoms in total. The minimum atomic E-state index is -0.253. The highest BCUT2D eigenvalue weighted by Crippen LogP contribution is 2.20. The number of hydrogen-bond acceptors (Lipinski definition) is 3. The van der Waals surface area contributed by atoms with Crippen molar-refractivity contribution in [3.05, 3.63) is 35.9 Å². The number of ether oxygens (including phenoxy) is 1.